The highest BCUT2D eigenvalue weighted by atomic mass is 79.9. The zero-order chi connectivity index (χ0) is 27.4. The Hall–Kier alpha value is -2.65. The van der Waals surface area contributed by atoms with Crippen molar-refractivity contribution in [2.45, 2.75) is 64.3 Å². The van der Waals surface area contributed by atoms with Crippen LogP contribution in [0.4, 0.5) is 0 Å². The Balaban J connectivity index is 1.41. The molecule has 1 fully saturated rings. The topological polar surface area (TPSA) is 122 Å². The largest absolute Gasteiger partial charge is 0.383 e. The van der Waals surface area contributed by atoms with Gasteiger partial charge >= 0.3 is 0 Å². The van der Waals surface area contributed by atoms with Crippen LogP contribution in [0.1, 0.15) is 60.3 Å². The Kier molecular flexibility index (Phi) is 9.31. The molecular weight excluding hydrogens is 546 g/mol. The number of hydrogen-bond donors (Lipinski definition) is 3. The number of fused-ring (bicyclic) bond motifs is 2. The summed E-state index contributed by atoms with van der Waals surface area (Å²) in [7, 11) is 0. The minimum absolute atomic E-state index is 0.0400. The van der Waals surface area contributed by atoms with Gasteiger partial charge < -0.3 is 21.7 Å². The number of dihydropyridines is 1. The number of aryl methyl sites for hydroxylation is 3. The molecule has 2 atom stereocenters. The zero-order valence-corrected chi connectivity index (χ0v) is 24.1. The van der Waals surface area contributed by atoms with Crippen LogP contribution in [0.3, 0.4) is 0 Å². The van der Waals surface area contributed by atoms with Crippen molar-refractivity contribution in [2.75, 3.05) is 32.7 Å². The molecule has 2 unspecified atom stereocenters. The van der Waals surface area contributed by atoms with Crippen LogP contribution < -0.4 is 16.8 Å². The third-order valence-corrected chi connectivity index (χ3v) is 8.60. The van der Waals surface area contributed by atoms with Gasteiger partial charge in [-0.2, -0.15) is 0 Å². The quantitative estimate of drug-likeness (QED) is 0.411. The number of hydrogen-bond acceptors (Lipinski definition) is 5. The van der Waals surface area contributed by atoms with Crippen molar-refractivity contribution < 1.29 is 14.4 Å². The van der Waals surface area contributed by atoms with E-state index < -0.39 is 11.8 Å². The van der Waals surface area contributed by atoms with Crippen LogP contribution >= 0.6 is 15.9 Å². The van der Waals surface area contributed by atoms with Gasteiger partial charge in [-0.25, -0.2) is 0 Å². The minimum Gasteiger partial charge on any atom is -0.383 e. The van der Waals surface area contributed by atoms with Crippen molar-refractivity contribution in [2.24, 2.45) is 17.4 Å². The number of amides is 3. The van der Waals surface area contributed by atoms with E-state index in [-0.39, 0.29) is 25.0 Å². The van der Waals surface area contributed by atoms with Crippen molar-refractivity contribution in [3.8, 4) is 0 Å². The third-order valence-electron chi connectivity index (χ3n) is 8.14. The number of rotatable bonds is 9. The van der Waals surface area contributed by atoms with Crippen molar-refractivity contribution in [3.63, 3.8) is 0 Å². The molecule has 38 heavy (non-hydrogen) atoms. The van der Waals surface area contributed by atoms with E-state index in [2.05, 4.69) is 59.5 Å². The van der Waals surface area contributed by atoms with Crippen LogP contribution in [-0.2, 0) is 20.8 Å². The smallest absolute Gasteiger partial charge is 0.231 e. The molecule has 8 nitrogen and oxygen atoms in total. The molecule has 4 rings (SSSR count). The predicted molar refractivity (Wildman–Crippen MR) is 152 cm³/mol. The van der Waals surface area contributed by atoms with Crippen LogP contribution in [-0.4, -0.2) is 66.3 Å². The molecule has 0 bridgehead atoms. The number of carbonyl (C=O) groups excluding carboxylic acids is 3. The number of allylic oxidation sites excluding steroid dienone is 2. The van der Waals surface area contributed by atoms with E-state index >= 15 is 0 Å². The number of primary amides is 2. The lowest BCUT2D eigenvalue weighted by molar-refractivity contribution is -0.132. The van der Waals surface area contributed by atoms with Crippen LogP contribution in [0, 0.1) is 19.8 Å². The van der Waals surface area contributed by atoms with Crippen molar-refractivity contribution in [3.05, 3.63) is 56.7 Å². The summed E-state index contributed by atoms with van der Waals surface area (Å²) in [6, 6.07) is 4.95. The highest BCUT2D eigenvalue weighted by Gasteiger charge is 2.39. The Labute approximate surface area is 234 Å². The fourth-order valence-corrected chi connectivity index (χ4v) is 7.05. The van der Waals surface area contributed by atoms with Crippen LogP contribution in [0.2, 0.25) is 0 Å². The Morgan fingerprint density at radius 3 is 2.42 bits per heavy atom. The van der Waals surface area contributed by atoms with Crippen molar-refractivity contribution >= 4 is 33.7 Å². The van der Waals surface area contributed by atoms with Gasteiger partial charge in [0.05, 0.1) is 19.1 Å². The number of piperidine rings is 1. The molecule has 3 aliphatic rings. The second-order valence-electron chi connectivity index (χ2n) is 11.0. The number of nitrogens with two attached hydrogens (primary N) is 2. The van der Waals surface area contributed by atoms with E-state index in [0.29, 0.717) is 31.2 Å². The molecular formula is C29H40BrN5O3. The summed E-state index contributed by atoms with van der Waals surface area (Å²) >= 11 is 3.66. The molecule has 1 aromatic rings. The van der Waals surface area contributed by atoms with E-state index in [4.69, 9.17) is 11.5 Å². The second-order valence-corrected chi connectivity index (χ2v) is 12.0. The summed E-state index contributed by atoms with van der Waals surface area (Å²) < 4.78 is 1.09. The molecule has 0 aromatic heterocycles. The SMILES string of the molecule is Cc1cc(C)c2c(c1)CCC1=CC(Br)=CNC1C2C1CCN(C(=O)CCCN(CC(N)=O)CC(N)=O)CC1. The Morgan fingerprint density at radius 2 is 1.76 bits per heavy atom. The lowest BCUT2D eigenvalue weighted by Gasteiger charge is -2.41. The number of carbonyl (C=O) groups is 3. The highest BCUT2D eigenvalue weighted by molar-refractivity contribution is 9.11. The molecule has 1 saturated heterocycles. The summed E-state index contributed by atoms with van der Waals surface area (Å²) in [6.45, 7) is 6.28. The summed E-state index contributed by atoms with van der Waals surface area (Å²) in [4.78, 5) is 39.1. The maximum atomic E-state index is 13.0. The lowest BCUT2D eigenvalue weighted by atomic mass is 9.72. The van der Waals surface area contributed by atoms with Crippen LogP contribution in [0.15, 0.2) is 34.5 Å². The van der Waals surface area contributed by atoms with Gasteiger partial charge in [0.2, 0.25) is 17.7 Å². The first-order chi connectivity index (χ1) is 18.1. The van der Waals surface area contributed by atoms with E-state index in [1.807, 2.05) is 4.90 Å². The molecule has 5 N–H and O–H groups in total. The zero-order valence-electron chi connectivity index (χ0n) is 22.5. The number of halogens is 1. The van der Waals surface area contributed by atoms with Gasteiger partial charge in [0.15, 0.2) is 0 Å². The maximum absolute atomic E-state index is 13.0. The van der Waals surface area contributed by atoms with Crippen LogP contribution in [0.25, 0.3) is 0 Å². The molecule has 0 spiro atoms. The first kappa shape index (κ1) is 28.4. The van der Waals surface area contributed by atoms with E-state index in [1.165, 1.54) is 27.8 Å². The molecule has 0 radical (unpaired) electrons. The van der Waals surface area contributed by atoms with Gasteiger partial charge in [0.1, 0.15) is 0 Å². The summed E-state index contributed by atoms with van der Waals surface area (Å²) in [5.74, 6) is -0.0653. The summed E-state index contributed by atoms with van der Waals surface area (Å²) in [5, 5.41) is 3.71. The van der Waals surface area contributed by atoms with E-state index in [0.717, 1.165) is 43.3 Å². The molecule has 2 aliphatic heterocycles. The molecule has 1 aliphatic carbocycles. The molecule has 1 aromatic carbocycles. The third kappa shape index (κ3) is 6.86. The summed E-state index contributed by atoms with van der Waals surface area (Å²) in [6.07, 6.45) is 9.33. The number of benzene rings is 1. The second kappa shape index (κ2) is 12.5. The van der Waals surface area contributed by atoms with Crippen molar-refractivity contribution in [1.82, 2.24) is 15.1 Å². The summed E-state index contributed by atoms with van der Waals surface area (Å²) in [5.41, 5.74) is 17.7. The van der Waals surface area contributed by atoms with Gasteiger partial charge in [-0.05, 0) is 103 Å². The average Bonchev–Trinajstić information content (AvgIpc) is 3.00. The normalized spacial score (nSPS) is 21.5. The van der Waals surface area contributed by atoms with Gasteiger partial charge in [-0.15, -0.1) is 0 Å². The average molecular weight is 587 g/mol. The lowest BCUT2D eigenvalue weighted by Crippen LogP contribution is -2.45. The van der Waals surface area contributed by atoms with Crippen LogP contribution in [0.5, 0.6) is 0 Å². The van der Waals surface area contributed by atoms with Crippen molar-refractivity contribution in [1.29, 1.82) is 0 Å². The number of likely N-dealkylation sites (tertiary alicyclic amines) is 1. The highest BCUT2D eigenvalue weighted by Crippen LogP contribution is 2.45. The van der Waals surface area contributed by atoms with E-state index in [9.17, 15) is 14.4 Å². The number of nitrogens with zero attached hydrogens (tertiary/aromatic N) is 2. The monoisotopic (exact) mass is 585 g/mol. The molecule has 0 saturated carbocycles. The number of nitrogens with one attached hydrogen (secondary N) is 1. The molecule has 3 amide bonds. The predicted octanol–water partition coefficient (Wildman–Crippen LogP) is 2.76. The van der Waals surface area contributed by atoms with E-state index in [1.54, 1.807) is 4.90 Å². The molecule has 2 heterocycles. The molecule has 9 heteroatoms. The first-order valence-electron chi connectivity index (χ1n) is 13.6. The maximum Gasteiger partial charge on any atom is 0.231 e. The van der Waals surface area contributed by atoms with Gasteiger partial charge in [0.25, 0.3) is 0 Å². The standard InChI is InChI=1S/C29H40BrN5O3/c1-18-12-19(2)27-21(13-18)5-6-22-14-23(30)15-33-29(22)28(27)20-7-10-35(11-8-20)26(38)4-3-9-34(16-24(31)36)17-25(32)37/h12-15,20,28-29,33H,3-11,16-17H2,1-2H3,(H2,31,36)(H2,32,37). The Bertz CT molecular complexity index is 1120. The van der Waals surface area contributed by atoms with Gasteiger partial charge in [-0.1, -0.05) is 17.7 Å². The fraction of sp³-hybridized carbons (Fsp3) is 0.552. The fourth-order valence-electron chi connectivity index (χ4n) is 6.63. The van der Waals surface area contributed by atoms with Gasteiger partial charge in [0, 0.05) is 36.1 Å². The molecule has 206 valence electrons. The Morgan fingerprint density at radius 1 is 1.08 bits per heavy atom. The first-order valence-corrected chi connectivity index (χ1v) is 14.4. The minimum atomic E-state index is -0.515. The van der Waals surface area contributed by atoms with Gasteiger partial charge in [-0.3, -0.25) is 19.3 Å².